The van der Waals surface area contributed by atoms with Crippen LogP contribution >= 0.6 is 0 Å². The number of nitrogens with zero attached hydrogens (tertiary/aromatic N) is 3. The second kappa shape index (κ2) is 5.91. The minimum atomic E-state index is -0.276. The first kappa shape index (κ1) is 13.7. The number of nitrogens with one attached hydrogen (secondary N) is 1. The van der Waals surface area contributed by atoms with Crippen LogP contribution in [0.4, 0.5) is 11.5 Å². The highest BCUT2D eigenvalue weighted by Crippen LogP contribution is 2.28. The first-order valence-corrected chi connectivity index (χ1v) is 5.80. The number of anilines is 2. The van der Waals surface area contributed by atoms with Gasteiger partial charge in [0.15, 0.2) is 5.82 Å². The first-order chi connectivity index (χ1) is 9.62. The number of amides is 1. The number of benzene rings is 1. The maximum Gasteiger partial charge on any atom is 0.246 e. The van der Waals surface area contributed by atoms with Crippen molar-refractivity contribution < 1.29 is 14.3 Å². The smallest absolute Gasteiger partial charge is 0.246 e. The summed E-state index contributed by atoms with van der Waals surface area (Å²) in [6, 6.07) is 5.13. The summed E-state index contributed by atoms with van der Waals surface area (Å²) in [4.78, 5) is 11.9. The second-order valence-corrected chi connectivity index (χ2v) is 3.96. The molecule has 0 radical (unpaired) electrons. The molecule has 0 atom stereocenters. The van der Waals surface area contributed by atoms with Crippen molar-refractivity contribution in [2.75, 3.05) is 25.3 Å². The molecule has 1 aromatic heterocycles. The highest BCUT2D eigenvalue weighted by atomic mass is 16.5. The molecule has 1 amide bonds. The molecule has 0 fully saturated rings. The van der Waals surface area contributed by atoms with Crippen LogP contribution in [-0.4, -0.2) is 35.1 Å². The van der Waals surface area contributed by atoms with Gasteiger partial charge in [0.2, 0.25) is 5.91 Å². The van der Waals surface area contributed by atoms with Gasteiger partial charge in [0.25, 0.3) is 0 Å². The van der Waals surface area contributed by atoms with E-state index in [9.17, 15) is 4.79 Å². The standard InChI is InChI=1S/C12H15N5O3/c1-19-8-3-4-10(20-2)9(5-8)14-12(18)7-17-6-11(13)15-16-17/h3-6H,7,13H2,1-2H3,(H,14,18). The Morgan fingerprint density at radius 2 is 2.20 bits per heavy atom. The minimum Gasteiger partial charge on any atom is -0.497 e. The maximum atomic E-state index is 11.9. The van der Waals surface area contributed by atoms with Gasteiger partial charge >= 0.3 is 0 Å². The largest absolute Gasteiger partial charge is 0.497 e. The molecule has 1 aromatic carbocycles. The number of ether oxygens (including phenoxy) is 2. The normalized spacial score (nSPS) is 10.1. The molecule has 0 aliphatic rings. The van der Waals surface area contributed by atoms with E-state index in [1.807, 2.05) is 0 Å². The van der Waals surface area contributed by atoms with Crippen LogP contribution in [0, 0.1) is 0 Å². The highest BCUT2D eigenvalue weighted by molar-refractivity contribution is 5.92. The molecule has 8 heteroatoms. The van der Waals surface area contributed by atoms with Crippen LogP contribution in [0.2, 0.25) is 0 Å². The van der Waals surface area contributed by atoms with Gasteiger partial charge < -0.3 is 20.5 Å². The number of carbonyl (C=O) groups excluding carboxylic acids is 1. The zero-order chi connectivity index (χ0) is 14.5. The summed E-state index contributed by atoms with van der Waals surface area (Å²) in [5.74, 6) is 1.14. The molecule has 2 aromatic rings. The van der Waals surface area contributed by atoms with Gasteiger partial charge in [-0.3, -0.25) is 4.79 Å². The van der Waals surface area contributed by atoms with Crippen molar-refractivity contribution in [3.8, 4) is 11.5 Å². The Bertz CT molecular complexity index is 611. The minimum absolute atomic E-state index is 0.00453. The van der Waals surface area contributed by atoms with E-state index in [0.29, 0.717) is 17.2 Å². The highest BCUT2D eigenvalue weighted by Gasteiger charge is 2.10. The lowest BCUT2D eigenvalue weighted by atomic mass is 10.2. The lowest BCUT2D eigenvalue weighted by Crippen LogP contribution is -2.19. The molecule has 2 rings (SSSR count). The number of hydrogen-bond acceptors (Lipinski definition) is 6. The maximum absolute atomic E-state index is 11.9. The molecule has 0 aliphatic heterocycles. The second-order valence-electron chi connectivity index (χ2n) is 3.96. The van der Waals surface area contributed by atoms with Crippen molar-refractivity contribution in [3.63, 3.8) is 0 Å². The van der Waals surface area contributed by atoms with Crippen LogP contribution in [-0.2, 0) is 11.3 Å². The van der Waals surface area contributed by atoms with Crippen molar-refractivity contribution in [1.82, 2.24) is 15.0 Å². The Labute approximate surface area is 115 Å². The Morgan fingerprint density at radius 1 is 1.40 bits per heavy atom. The van der Waals surface area contributed by atoms with E-state index in [2.05, 4.69) is 15.6 Å². The first-order valence-electron chi connectivity index (χ1n) is 5.80. The summed E-state index contributed by atoms with van der Waals surface area (Å²) in [6.45, 7) is 0.00453. The predicted molar refractivity (Wildman–Crippen MR) is 72.6 cm³/mol. The average molecular weight is 277 g/mol. The fourth-order valence-corrected chi connectivity index (χ4v) is 1.64. The molecule has 0 spiro atoms. The van der Waals surface area contributed by atoms with Crippen LogP contribution in [0.25, 0.3) is 0 Å². The molecule has 0 unspecified atom stereocenters. The summed E-state index contributed by atoms with van der Waals surface area (Å²) >= 11 is 0. The van der Waals surface area contributed by atoms with Crippen molar-refractivity contribution in [3.05, 3.63) is 24.4 Å². The molecular formula is C12H15N5O3. The van der Waals surface area contributed by atoms with Gasteiger partial charge in [-0.15, -0.1) is 5.10 Å². The van der Waals surface area contributed by atoms with E-state index in [4.69, 9.17) is 15.2 Å². The third-order valence-electron chi connectivity index (χ3n) is 2.54. The molecule has 106 valence electrons. The summed E-state index contributed by atoms with van der Waals surface area (Å²) in [6.07, 6.45) is 1.47. The quantitative estimate of drug-likeness (QED) is 0.825. The zero-order valence-electron chi connectivity index (χ0n) is 11.2. The van der Waals surface area contributed by atoms with Crippen LogP contribution in [0.3, 0.4) is 0 Å². The number of aromatic nitrogens is 3. The van der Waals surface area contributed by atoms with Crippen molar-refractivity contribution in [1.29, 1.82) is 0 Å². The third-order valence-corrected chi connectivity index (χ3v) is 2.54. The lowest BCUT2D eigenvalue weighted by molar-refractivity contribution is -0.116. The van der Waals surface area contributed by atoms with Crippen LogP contribution in [0.1, 0.15) is 0 Å². The van der Waals surface area contributed by atoms with Gasteiger partial charge in [-0.05, 0) is 12.1 Å². The molecule has 3 N–H and O–H groups in total. The Balaban J connectivity index is 2.10. The number of methoxy groups -OCH3 is 2. The molecular weight excluding hydrogens is 262 g/mol. The third kappa shape index (κ3) is 3.16. The molecule has 0 saturated carbocycles. The molecule has 0 bridgehead atoms. The monoisotopic (exact) mass is 277 g/mol. The SMILES string of the molecule is COc1ccc(OC)c(NC(=O)Cn2cc(N)nn2)c1. The van der Waals surface area contributed by atoms with Gasteiger partial charge in [0, 0.05) is 6.07 Å². The van der Waals surface area contributed by atoms with E-state index >= 15 is 0 Å². The topological polar surface area (TPSA) is 104 Å². The molecule has 8 nitrogen and oxygen atoms in total. The number of carbonyl (C=O) groups is 1. The summed E-state index contributed by atoms with van der Waals surface area (Å²) in [5, 5.41) is 10.0. The lowest BCUT2D eigenvalue weighted by Gasteiger charge is -2.11. The van der Waals surface area contributed by atoms with E-state index < -0.39 is 0 Å². The van der Waals surface area contributed by atoms with E-state index in [0.717, 1.165) is 0 Å². The van der Waals surface area contributed by atoms with Gasteiger partial charge in [-0.2, -0.15) is 0 Å². The van der Waals surface area contributed by atoms with Gasteiger partial charge in [0.05, 0.1) is 26.1 Å². The van der Waals surface area contributed by atoms with Crippen molar-refractivity contribution in [2.45, 2.75) is 6.54 Å². The fourth-order valence-electron chi connectivity index (χ4n) is 1.64. The van der Waals surface area contributed by atoms with Crippen LogP contribution in [0.5, 0.6) is 11.5 Å². The Kier molecular flexibility index (Phi) is 4.04. The van der Waals surface area contributed by atoms with Gasteiger partial charge in [0.1, 0.15) is 18.0 Å². The van der Waals surface area contributed by atoms with E-state index in [1.165, 1.54) is 18.0 Å². The predicted octanol–water partition coefficient (Wildman–Crippen LogP) is 0.516. The van der Waals surface area contributed by atoms with E-state index in [-0.39, 0.29) is 18.3 Å². The fraction of sp³-hybridized carbons (Fsp3) is 0.250. The van der Waals surface area contributed by atoms with Crippen LogP contribution in [0.15, 0.2) is 24.4 Å². The summed E-state index contributed by atoms with van der Waals surface area (Å²) in [7, 11) is 3.07. The van der Waals surface area contributed by atoms with Gasteiger partial charge in [-0.25, -0.2) is 4.68 Å². The molecule has 0 aliphatic carbocycles. The number of rotatable bonds is 5. The molecule has 0 saturated heterocycles. The Morgan fingerprint density at radius 3 is 2.80 bits per heavy atom. The van der Waals surface area contributed by atoms with Crippen molar-refractivity contribution >= 4 is 17.4 Å². The number of nitrogens with two attached hydrogens (primary N) is 1. The zero-order valence-corrected chi connectivity index (χ0v) is 11.2. The van der Waals surface area contributed by atoms with Crippen molar-refractivity contribution in [2.24, 2.45) is 0 Å². The van der Waals surface area contributed by atoms with Gasteiger partial charge in [-0.1, -0.05) is 5.21 Å². The van der Waals surface area contributed by atoms with E-state index in [1.54, 1.807) is 25.3 Å². The molecule has 20 heavy (non-hydrogen) atoms. The summed E-state index contributed by atoms with van der Waals surface area (Å²) < 4.78 is 11.6. The number of nitrogen functional groups attached to an aromatic ring is 1. The van der Waals surface area contributed by atoms with Crippen LogP contribution < -0.4 is 20.5 Å². The Hall–Kier alpha value is -2.77. The average Bonchev–Trinajstić information content (AvgIpc) is 2.83. The summed E-state index contributed by atoms with van der Waals surface area (Å²) in [5.41, 5.74) is 5.95. The number of hydrogen-bond donors (Lipinski definition) is 2. The molecule has 1 heterocycles.